The maximum atomic E-state index is 12.7. The van der Waals surface area contributed by atoms with Gasteiger partial charge in [-0.1, -0.05) is 26.0 Å². The fourth-order valence-electron chi connectivity index (χ4n) is 4.47. The minimum absolute atomic E-state index is 0.305. The number of hydrogen-bond acceptors (Lipinski definition) is 4. The normalized spacial score (nSPS) is 27.6. The van der Waals surface area contributed by atoms with Gasteiger partial charge < -0.3 is 25.0 Å². The first kappa shape index (κ1) is 20.2. The van der Waals surface area contributed by atoms with Crippen LogP contribution in [-0.4, -0.2) is 45.9 Å². The van der Waals surface area contributed by atoms with Gasteiger partial charge in [0.25, 0.3) is 0 Å². The van der Waals surface area contributed by atoms with Crippen LogP contribution >= 0.6 is 0 Å². The van der Waals surface area contributed by atoms with Crippen LogP contribution in [0.1, 0.15) is 31.9 Å². The molecule has 3 rings (SSSR count). The van der Waals surface area contributed by atoms with Gasteiger partial charge in [-0.15, -0.1) is 0 Å². The molecule has 3 N–H and O–H groups in total. The standard InChI is InChI=1S/C21H29N3O4/c1-13-9-14(2)11-24(10-13)12-17-18(20(25)28-4)19(23-21(26)22-17)15-5-7-16(27-3)8-6-15/h5-8,13-14,19H,9-12H2,1-4H3,(H2,22,23,26)/p+1/t13-,14-,19+/m1/s1. The number of likely N-dealkylation sites (tertiary alicyclic amines) is 1. The number of quaternary nitrogens is 1. The van der Waals surface area contributed by atoms with Crippen molar-refractivity contribution in [3.63, 3.8) is 0 Å². The Labute approximate surface area is 166 Å². The molecule has 0 bridgehead atoms. The van der Waals surface area contributed by atoms with E-state index >= 15 is 0 Å². The largest absolute Gasteiger partial charge is 0.497 e. The lowest BCUT2D eigenvalue weighted by Gasteiger charge is -2.35. The van der Waals surface area contributed by atoms with Crippen LogP contribution in [0, 0.1) is 11.8 Å². The van der Waals surface area contributed by atoms with Crippen molar-refractivity contribution in [2.75, 3.05) is 33.9 Å². The number of carbonyl (C=O) groups is 2. The number of ether oxygens (including phenoxy) is 2. The van der Waals surface area contributed by atoms with Gasteiger partial charge in [0.15, 0.2) is 0 Å². The lowest BCUT2D eigenvalue weighted by molar-refractivity contribution is -0.907. The molecular formula is C21H30N3O4+. The number of nitrogens with one attached hydrogen (secondary N) is 3. The van der Waals surface area contributed by atoms with Crippen LogP contribution in [0.4, 0.5) is 4.79 Å². The van der Waals surface area contributed by atoms with E-state index in [1.807, 2.05) is 24.3 Å². The van der Waals surface area contributed by atoms with E-state index in [4.69, 9.17) is 9.47 Å². The smallest absolute Gasteiger partial charge is 0.338 e. The second-order valence-electron chi connectivity index (χ2n) is 7.97. The highest BCUT2D eigenvalue weighted by Crippen LogP contribution is 2.28. The molecule has 1 saturated heterocycles. The highest BCUT2D eigenvalue weighted by molar-refractivity contribution is 5.95. The van der Waals surface area contributed by atoms with Gasteiger partial charge in [0.2, 0.25) is 0 Å². The Bertz CT molecular complexity index is 749. The predicted octanol–water partition coefficient (Wildman–Crippen LogP) is 1.04. The minimum atomic E-state index is -0.554. The summed E-state index contributed by atoms with van der Waals surface area (Å²) in [5.74, 6) is 1.53. The summed E-state index contributed by atoms with van der Waals surface area (Å²) in [6, 6.07) is 6.48. The fourth-order valence-corrected chi connectivity index (χ4v) is 4.47. The van der Waals surface area contributed by atoms with Crippen molar-refractivity contribution in [3.8, 4) is 5.75 Å². The number of piperidine rings is 1. The second-order valence-corrected chi connectivity index (χ2v) is 7.97. The number of rotatable bonds is 5. The number of carbonyl (C=O) groups excluding carboxylic acids is 2. The Morgan fingerprint density at radius 3 is 2.36 bits per heavy atom. The van der Waals surface area contributed by atoms with E-state index in [0.717, 1.165) is 18.7 Å². The Balaban J connectivity index is 1.95. The SMILES string of the molecule is COC(=O)C1=C(C[NH+]2C[C@H](C)C[C@@H](C)C2)NC(=O)N[C@H]1c1ccc(OC)cc1. The molecule has 0 radical (unpaired) electrons. The molecule has 1 aromatic carbocycles. The van der Waals surface area contributed by atoms with Gasteiger partial charge in [-0.25, -0.2) is 9.59 Å². The molecule has 2 aliphatic heterocycles. The Morgan fingerprint density at radius 2 is 1.79 bits per heavy atom. The Kier molecular flexibility index (Phi) is 6.24. The Hall–Kier alpha value is -2.54. The van der Waals surface area contributed by atoms with Crippen LogP contribution in [0.5, 0.6) is 5.75 Å². The van der Waals surface area contributed by atoms with Gasteiger partial charge in [-0.2, -0.15) is 0 Å². The number of amides is 2. The molecule has 0 unspecified atom stereocenters. The average molecular weight is 388 g/mol. The zero-order valence-corrected chi connectivity index (χ0v) is 17.0. The highest BCUT2D eigenvalue weighted by atomic mass is 16.5. The third-order valence-electron chi connectivity index (χ3n) is 5.51. The van der Waals surface area contributed by atoms with Gasteiger partial charge in [0, 0.05) is 11.8 Å². The topological polar surface area (TPSA) is 81.1 Å². The van der Waals surface area contributed by atoms with Gasteiger partial charge in [0.1, 0.15) is 12.3 Å². The van der Waals surface area contributed by atoms with Gasteiger partial charge in [-0.05, 0) is 24.1 Å². The summed E-state index contributed by atoms with van der Waals surface area (Å²) in [6.07, 6.45) is 1.22. The van der Waals surface area contributed by atoms with Crippen LogP contribution in [0.2, 0.25) is 0 Å². The molecule has 28 heavy (non-hydrogen) atoms. The molecule has 0 aromatic heterocycles. The minimum Gasteiger partial charge on any atom is -0.497 e. The number of esters is 1. The van der Waals surface area contributed by atoms with Crippen LogP contribution < -0.4 is 20.3 Å². The average Bonchev–Trinajstić information content (AvgIpc) is 2.66. The number of urea groups is 1. The lowest BCUT2D eigenvalue weighted by atomic mass is 9.91. The molecule has 2 aliphatic rings. The van der Waals surface area contributed by atoms with Crippen LogP contribution in [0.15, 0.2) is 35.5 Å². The van der Waals surface area contributed by atoms with Gasteiger partial charge in [-0.3, -0.25) is 0 Å². The Morgan fingerprint density at radius 1 is 1.14 bits per heavy atom. The first-order chi connectivity index (χ1) is 13.4. The lowest BCUT2D eigenvalue weighted by Crippen LogP contribution is -3.14. The molecule has 2 heterocycles. The van der Waals surface area contributed by atoms with E-state index in [0.29, 0.717) is 35.4 Å². The zero-order valence-electron chi connectivity index (χ0n) is 17.0. The molecule has 3 atom stereocenters. The van der Waals surface area contributed by atoms with E-state index in [2.05, 4.69) is 24.5 Å². The molecule has 1 fully saturated rings. The van der Waals surface area contributed by atoms with Crippen LogP contribution in [0.25, 0.3) is 0 Å². The van der Waals surface area contributed by atoms with Gasteiger partial charge >= 0.3 is 12.0 Å². The first-order valence-corrected chi connectivity index (χ1v) is 9.77. The number of hydrogen-bond donors (Lipinski definition) is 3. The van der Waals surface area contributed by atoms with Crippen LogP contribution in [0.3, 0.4) is 0 Å². The quantitative estimate of drug-likeness (QED) is 0.659. The van der Waals surface area contributed by atoms with Crippen molar-refractivity contribution >= 4 is 12.0 Å². The monoisotopic (exact) mass is 388 g/mol. The summed E-state index contributed by atoms with van der Waals surface area (Å²) in [6.45, 7) is 7.16. The summed E-state index contributed by atoms with van der Waals surface area (Å²) in [5.41, 5.74) is 1.92. The van der Waals surface area contributed by atoms with Crippen molar-refractivity contribution in [2.45, 2.75) is 26.3 Å². The van der Waals surface area contributed by atoms with E-state index in [1.54, 1.807) is 7.11 Å². The maximum Gasteiger partial charge on any atom is 0.338 e. The second kappa shape index (κ2) is 8.65. The molecule has 0 aliphatic carbocycles. The molecule has 7 heteroatoms. The third kappa shape index (κ3) is 4.47. The fraction of sp³-hybridized carbons (Fsp3) is 0.524. The predicted molar refractivity (Wildman–Crippen MR) is 105 cm³/mol. The summed E-state index contributed by atoms with van der Waals surface area (Å²) in [4.78, 5) is 26.4. The van der Waals surface area contributed by atoms with E-state index < -0.39 is 12.0 Å². The molecule has 2 amide bonds. The summed E-state index contributed by atoms with van der Waals surface area (Å²) in [7, 11) is 2.97. The highest BCUT2D eigenvalue weighted by Gasteiger charge is 2.36. The van der Waals surface area contributed by atoms with Crippen LogP contribution in [-0.2, 0) is 9.53 Å². The van der Waals surface area contributed by atoms with Crippen molar-refractivity contribution in [2.24, 2.45) is 11.8 Å². The molecular weight excluding hydrogens is 358 g/mol. The first-order valence-electron chi connectivity index (χ1n) is 9.77. The third-order valence-corrected chi connectivity index (χ3v) is 5.51. The maximum absolute atomic E-state index is 12.7. The van der Waals surface area contributed by atoms with Crippen molar-refractivity contribution in [1.82, 2.24) is 10.6 Å². The molecule has 7 nitrogen and oxygen atoms in total. The number of methoxy groups -OCH3 is 2. The van der Waals surface area contributed by atoms with Crippen molar-refractivity contribution in [1.29, 1.82) is 0 Å². The summed E-state index contributed by atoms with van der Waals surface area (Å²) < 4.78 is 10.3. The van der Waals surface area contributed by atoms with E-state index in [1.165, 1.54) is 18.4 Å². The van der Waals surface area contributed by atoms with Gasteiger partial charge in [0.05, 0.1) is 44.6 Å². The van der Waals surface area contributed by atoms with Crippen molar-refractivity contribution in [3.05, 3.63) is 41.1 Å². The number of benzene rings is 1. The summed E-state index contributed by atoms with van der Waals surface area (Å²) >= 11 is 0. The van der Waals surface area contributed by atoms with Crippen molar-refractivity contribution < 1.29 is 24.0 Å². The molecule has 1 aromatic rings. The molecule has 0 spiro atoms. The summed E-state index contributed by atoms with van der Waals surface area (Å²) in [5, 5.41) is 5.73. The molecule has 152 valence electrons. The zero-order chi connectivity index (χ0) is 20.3. The van der Waals surface area contributed by atoms with E-state index in [9.17, 15) is 9.59 Å². The van der Waals surface area contributed by atoms with E-state index in [-0.39, 0.29) is 6.03 Å². The molecule has 0 saturated carbocycles.